The zero-order valence-corrected chi connectivity index (χ0v) is 17.8. The predicted molar refractivity (Wildman–Crippen MR) is 110 cm³/mol. The quantitative estimate of drug-likeness (QED) is 0.430. The minimum atomic E-state index is -0.460. The summed E-state index contributed by atoms with van der Waals surface area (Å²) < 4.78 is 11.2. The molecular formula is C21H23N3O4S. The molecule has 7 nitrogen and oxygen atoms in total. The number of H-pyrrole nitrogens is 1. The largest absolute Gasteiger partial charge is 0.484 e. The van der Waals surface area contributed by atoms with Crippen LogP contribution in [0.15, 0.2) is 33.9 Å². The van der Waals surface area contributed by atoms with E-state index < -0.39 is 5.25 Å². The highest BCUT2D eigenvalue weighted by molar-refractivity contribution is 8.00. The van der Waals surface area contributed by atoms with Crippen LogP contribution in [-0.4, -0.2) is 32.0 Å². The molecule has 1 aromatic carbocycles. The van der Waals surface area contributed by atoms with E-state index in [2.05, 4.69) is 15.2 Å². The normalized spacial score (nSPS) is 12.0. The van der Waals surface area contributed by atoms with Gasteiger partial charge in [-0.3, -0.25) is 9.59 Å². The van der Waals surface area contributed by atoms with Gasteiger partial charge in [0, 0.05) is 11.3 Å². The molecule has 1 atom stereocenters. The van der Waals surface area contributed by atoms with Crippen LogP contribution < -0.4 is 4.74 Å². The Balaban J connectivity index is 1.63. The van der Waals surface area contributed by atoms with Crippen molar-refractivity contribution in [3.05, 3.63) is 58.2 Å². The van der Waals surface area contributed by atoms with Crippen LogP contribution in [0, 0.1) is 20.8 Å². The molecule has 1 unspecified atom stereocenters. The molecule has 0 saturated heterocycles. The first kappa shape index (κ1) is 20.9. The summed E-state index contributed by atoms with van der Waals surface area (Å²) in [6, 6.07) is 7.66. The van der Waals surface area contributed by atoms with Crippen LogP contribution in [0.4, 0.5) is 0 Å². The van der Waals surface area contributed by atoms with Gasteiger partial charge in [-0.05, 0) is 52.3 Å². The van der Waals surface area contributed by atoms with Gasteiger partial charge in [-0.25, -0.2) is 0 Å². The molecule has 152 valence electrons. The van der Waals surface area contributed by atoms with Crippen molar-refractivity contribution in [3.63, 3.8) is 0 Å². The fourth-order valence-electron chi connectivity index (χ4n) is 3.06. The zero-order valence-electron chi connectivity index (χ0n) is 17.0. The summed E-state index contributed by atoms with van der Waals surface area (Å²) in [5.74, 6) is 0.855. The van der Waals surface area contributed by atoms with Crippen LogP contribution in [0.5, 0.6) is 5.75 Å². The van der Waals surface area contributed by atoms with Crippen molar-refractivity contribution in [2.45, 2.75) is 51.7 Å². The summed E-state index contributed by atoms with van der Waals surface area (Å²) in [5, 5.41) is 7.78. The highest BCUT2D eigenvalue weighted by Gasteiger charge is 2.25. The summed E-state index contributed by atoms with van der Waals surface area (Å²) in [5.41, 5.74) is 3.53. The Morgan fingerprint density at radius 2 is 1.86 bits per heavy atom. The Morgan fingerprint density at radius 1 is 1.17 bits per heavy atom. The number of hydrogen-bond donors (Lipinski definition) is 1. The molecule has 1 N–H and O–H groups in total. The summed E-state index contributed by atoms with van der Waals surface area (Å²) in [4.78, 5) is 27.6. The molecule has 0 saturated carbocycles. The molecule has 0 fully saturated rings. The second-order valence-corrected chi connectivity index (χ2v) is 8.16. The number of hydrogen-bond acceptors (Lipinski definition) is 7. The maximum absolute atomic E-state index is 12.8. The summed E-state index contributed by atoms with van der Waals surface area (Å²) in [6.45, 7) is 8.98. The number of carbonyl (C=O) groups is 2. The zero-order chi connectivity index (χ0) is 21.1. The van der Waals surface area contributed by atoms with Gasteiger partial charge in [-0.15, -0.1) is 10.2 Å². The Hall–Kier alpha value is -2.87. The number of benzene rings is 1. The lowest BCUT2D eigenvalue weighted by atomic mass is 10.0. The number of rotatable bonds is 8. The maximum Gasteiger partial charge on any atom is 0.277 e. The molecule has 3 rings (SSSR count). The van der Waals surface area contributed by atoms with E-state index >= 15 is 0 Å². The standard InChI is InChI=1S/C21H23N3O4S/c1-11-6-8-16(9-7-11)27-10-17-23-24-21(28-17)29-15(5)20(26)19-12(2)18(14(4)25)13(3)22-19/h6-9,15,22H,10H2,1-5H3. The lowest BCUT2D eigenvalue weighted by Crippen LogP contribution is -2.15. The highest BCUT2D eigenvalue weighted by atomic mass is 32.2. The number of aromatic amines is 1. The number of aryl methyl sites for hydroxylation is 2. The lowest BCUT2D eigenvalue weighted by molar-refractivity contribution is 0.0988. The van der Waals surface area contributed by atoms with Gasteiger partial charge in [0.05, 0.1) is 10.9 Å². The van der Waals surface area contributed by atoms with Crippen molar-refractivity contribution >= 4 is 23.3 Å². The molecule has 0 aliphatic carbocycles. The average molecular weight is 413 g/mol. The van der Waals surface area contributed by atoms with Crippen LogP contribution >= 0.6 is 11.8 Å². The third-order valence-electron chi connectivity index (χ3n) is 4.51. The van der Waals surface area contributed by atoms with Gasteiger partial charge in [-0.2, -0.15) is 0 Å². The predicted octanol–water partition coefficient (Wildman–Crippen LogP) is 4.47. The van der Waals surface area contributed by atoms with Gasteiger partial charge >= 0.3 is 0 Å². The number of ether oxygens (including phenoxy) is 1. The lowest BCUT2D eigenvalue weighted by Gasteiger charge is -2.07. The first-order chi connectivity index (χ1) is 13.8. The third-order valence-corrected chi connectivity index (χ3v) is 5.45. The van der Waals surface area contributed by atoms with E-state index in [9.17, 15) is 9.59 Å². The van der Waals surface area contributed by atoms with Crippen molar-refractivity contribution in [3.8, 4) is 5.75 Å². The van der Waals surface area contributed by atoms with E-state index in [4.69, 9.17) is 9.15 Å². The molecule has 0 bridgehead atoms. The summed E-state index contributed by atoms with van der Waals surface area (Å²) in [6.07, 6.45) is 0. The number of ketones is 2. The van der Waals surface area contributed by atoms with Crippen molar-refractivity contribution in [1.82, 2.24) is 15.2 Å². The minimum absolute atomic E-state index is 0.0641. The fourth-order valence-corrected chi connectivity index (χ4v) is 3.82. The monoisotopic (exact) mass is 413 g/mol. The van der Waals surface area contributed by atoms with Crippen molar-refractivity contribution in [2.75, 3.05) is 0 Å². The van der Waals surface area contributed by atoms with Crippen LogP contribution in [0.2, 0.25) is 0 Å². The smallest absolute Gasteiger partial charge is 0.277 e. The molecule has 0 aliphatic rings. The summed E-state index contributed by atoms with van der Waals surface area (Å²) >= 11 is 1.17. The van der Waals surface area contributed by atoms with E-state index in [0.29, 0.717) is 39.4 Å². The van der Waals surface area contributed by atoms with E-state index in [-0.39, 0.29) is 18.2 Å². The van der Waals surface area contributed by atoms with Crippen LogP contribution in [0.25, 0.3) is 0 Å². The summed E-state index contributed by atoms with van der Waals surface area (Å²) in [7, 11) is 0. The van der Waals surface area contributed by atoms with Crippen molar-refractivity contribution in [2.24, 2.45) is 0 Å². The Labute approximate surface area is 173 Å². The fraction of sp³-hybridized carbons (Fsp3) is 0.333. The van der Waals surface area contributed by atoms with Crippen LogP contribution in [0.1, 0.15) is 57.4 Å². The SMILES string of the molecule is CC(=O)c1c(C)[nH]c(C(=O)C(C)Sc2nnc(COc3ccc(C)cc3)o2)c1C. The third kappa shape index (κ3) is 4.76. The Morgan fingerprint density at radius 3 is 2.48 bits per heavy atom. The van der Waals surface area contributed by atoms with E-state index in [1.807, 2.05) is 31.2 Å². The van der Waals surface area contributed by atoms with Crippen LogP contribution in [-0.2, 0) is 6.61 Å². The Bertz CT molecular complexity index is 1040. The first-order valence-electron chi connectivity index (χ1n) is 9.19. The molecule has 2 heterocycles. The maximum atomic E-state index is 12.8. The number of thioether (sulfide) groups is 1. The number of carbonyl (C=O) groups excluding carboxylic acids is 2. The van der Waals surface area contributed by atoms with Gasteiger partial charge in [0.25, 0.3) is 11.1 Å². The number of aromatic nitrogens is 3. The van der Waals surface area contributed by atoms with Crippen LogP contribution in [0.3, 0.4) is 0 Å². The topological polar surface area (TPSA) is 98.1 Å². The first-order valence-corrected chi connectivity index (χ1v) is 10.1. The molecule has 29 heavy (non-hydrogen) atoms. The van der Waals surface area contributed by atoms with Gasteiger partial charge < -0.3 is 14.1 Å². The number of nitrogens with one attached hydrogen (secondary N) is 1. The highest BCUT2D eigenvalue weighted by Crippen LogP contribution is 2.27. The average Bonchev–Trinajstić information content (AvgIpc) is 3.24. The molecular weight excluding hydrogens is 390 g/mol. The van der Waals surface area contributed by atoms with E-state index in [1.54, 1.807) is 20.8 Å². The molecule has 0 radical (unpaired) electrons. The minimum Gasteiger partial charge on any atom is -0.484 e. The van der Waals surface area contributed by atoms with Crippen molar-refractivity contribution in [1.29, 1.82) is 0 Å². The van der Waals surface area contributed by atoms with Gasteiger partial charge in [-0.1, -0.05) is 29.5 Å². The van der Waals surface area contributed by atoms with Gasteiger partial charge in [0.2, 0.25) is 0 Å². The number of nitrogens with zero attached hydrogens (tertiary/aromatic N) is 2. The van der Waals surface area contributed by atoms with Gasteiger partial charge in [0.1, 0.15) is 5.75 Å². The number of Topliss-reactive ketones (excluding diaryl/α,β-unsaturated/α-hetero) is 2. The molecule has 0 spiro atoms. The molecule has 8 heteroatoms. The van der Waals surface area contributed by atoms with E-state index in [0.717, 1.165) is 5.56 Å². The molecule has 2 aromatic heterocycles. The molecule has 0 aliphatic heterocycles. The second-order valence-electron chi connectivity index (χ2n) is 6.87. The van der Waals surface area contributed by atoms with E-state index in [1.165, 1.54) is 18.7 Å². The second kappa shape index (κ2) is 8.65. The molecule has 3 aromatic rings. The van der Waals surface area contributed by atoms with Gasteiger partial charge in [0.15, 0.2) is 18.2 Å². The Kier molecular flexibility index (Phi) is 6.22. The molecule has 0 amide bonds. The van der Waals surface area contributed by atoms with Crippen molar-refractivity contribution < 1.29 is 18.7 Å².